The number of benzene rings is 2. The molecular weight excluding hydrogens is 575 g/mol. The molecule has 1 aromatic heterocycles. The number of nitrogens with one attached hydrogen (secondary N) is 2. The van der Waals surface area contributed by atoms with E-state index in [0.29, 0.717) is 10.0 Å². The summed E-state index contributed by atoms with van der Waals surface area (Å²) in [6.07, 6.45) is 2.64. The maximum absolute atomic E-state index is 13.4. The van der Waals surface area contributed by atoms with E-state index in [1.165, 1.54) is 30.1 Å². The van der Waals surface area contributed by atoms with Gasteiger partial charge in [-0.1, -0.05) is 23.2 Å². The van der Waals surface area contributed by atoms with Crippen molar-refractivity contribution in [2.75, 3.05) is 16.9 Å². The lowest BCUT2D eigenvalue weighted by Gasteiger charge is -2.21. The van der Waals surface area contributed by atoms with Crippen LogP contribution in [0.1, 0.15) is 54.3 Å². The molecule has 0 saturated heterocycles. The van der Waals surface area contributed by atoms with Gasteiger partial charge < -0.3 is 20.1 Å². The van der Waals surface area contributed by atoms with Crippen molar-refractivity contribution in [3.8, 4) is 5.75 Å². The van der Waals surface area contributed by atoms with Crippen molar-refractivity contribution in [1.82, 2.24) is 4.98 Å². The largest absolute Gasteiger partial charge is 0.475 e. The Morgan fingerprint density at radius 1 is 0.975 bits per heavy atom. The highest BCUT2D eigenvalue weighted by atomic mass is 35.5. The second-order valence-corrected chi connectivity index (χ2v) is 11.4. The van der Waals surface area contributed by atoms with Crippen LogP contribution in [-0.2, 0) is 9.53 Å². The number of aromatic nitrogens is 1. The summed E-state index contributed by atoms with van der Waals surface area (Å²) in [5.74, 6) is -0.972. The third-order valence-electron chi connectivity index (χ3n) is 5.21. The minimum absolute atomic E-state index is 0.0495. The Morgan fingerprint density at radius 3 is 2.33 bits per heavy atom. The van der Waals surface area contributed by atoms with Crippen molar-refractivity contribution in [2.24, 2.45) is 5.73 Å². The average molecular weight is 606 g/mol. The molecule has 3 rings (SSSR count). The van der Waals surface area contributed by atoms with Gasteiger partial charge in [-0.15, -0.1) is 11.8 Å². The minimum Gasteiger partial charge on any atom is -0.475 e. The molecule has 212 valence electrons. The Labute approximate surface area is 247 Å². The van der Waals surface area contributed by atoms with Crippen LogP contribution in [0.2, 0.25) is 10.0 Å². The minimum atomic E-state index is -0.875. The van der Waals surface area contributed by atoms with Crippen molar-refractivity contribution in [2.45, 2.75) is 50.3 Å². The van der Waals surface area contributed by atoms with Crippen LogP contribution in [0.4, 0.5) is 11.5 Å². The molecule has 3 aromatic rings. The number of nitrogens with zero attached hydrogens (tertiary/aromatic N) is 1. The van der Waals surface area contributed by atoms with E-state index in [2.05, 4.69) is 15.6 Å². The Morgan fingerprint density at radius 2 is 1.68 bits per heavy atom. The van der Waals surface area contributed by atoms with E-state index in [1.807, 2.05) is 6.26 Å². The van der Waals surface area contributed by atoms with Crippen LogP contribution in [0, 0.1) is 0 Å². The highest BCUT2D eigenvalue weighted by molar-refractivity contribution is 7.98. The highest BCUT2D eigenvalue weighted by Gasteiger charge is 2.21. The van der Waals surface area contributed by atoms with Gasteiger partial charge in [0.25, 0.3) is 11.8 Å². The molecule has 1 unspecified atom stereocenters. The molecule has 0 aliphatic carbocycles. The first-order valence-electron chi connectivity index (χ1n) is 12.2. The van der Waals surface area contributed by atoms with E-state index in [0.717, 1.165) is 4.90 Å². The zero-order valence-corrected chi connectivity index (χ0v) is 24.7. The maximum atomic E-state index is 13.4. The highest BCUT2D eigenvalue weighted by Crippen LogP contribution is 2.29. The third-order valence-corrected chi connectivity index (χ3v) is 6.39. The van der Waals surface area contributed by atoms with E-state index in [-0.39, 0.29) is 41.2 Å². The van der Waals surface area contributed by atoms with Crippen LogP contribution in [0.3, 0.4) is 0 Å². The molecule has 2 aromatic carbocycles. The van der Waals surface area contributed by atoms with Crippen molar-refractivity contribution in [3.63, 3.8) is 0 Å². The zero-order chi connectivity index (χ0) is 29.4. The number of carbonyl (C=O) groups is 3. The van der Waals surface area contributed by atoms with Gasteiger partial charge in [0.05, 0.1) is 28.3 Å². The number of esters is 1. The molecule has 12 heteroatoms. The summed E-state index contributed by atoms with van der Waals surface area (Å²) in [5, 5.41) is 6.13. The molecule has 1 atom stereocenters. The standard InChI is InChI=1S/C28H30Cl2N4O5S/c1-28(2,3)39-25(35)12-10-23(31)38-22-14-18(40-4)7-8-19(22)26(36)33-21-9-5-16(29)13-20(21)27(37)34-24-11-6-17(30)15-32-24/h5-9,11,13-15,23H,10,12,31H2,1-4H3,(H,33,36)(H,32,34,37). The monoisotopic (exact) mass is 604 g/mol. The first-order valence-corrected chi connectivity index (χ1v) is 14.2. The van der Waals surface area contributed by atoms with Crippen LogP contribution in [0.5, 0.6) is 5.75 Å². The molecule has 4 N–H and O–H groups in total. The summed E-state index contributed by atoms with van der Waals surface area (Å²) in [6.45, 7) is 5.35. The first-order chi connectivity index (χ1) is 18.8. The number of halogens is 2. The van der Waals surface area contributed by atoms with Gasteiger partial charge in [-0.05, 0) is 75.6 Å². The lowest BCUT2D eigenvalue weighted by molar-refractivity contribution is -0.155. The normalized spacial score (nSPS) is 11.9. The van der Waals surface area contributed by atoms with Crippen molar-refractivity contribution in [3.05, 3.63) is 75.9 Å². The number of ether oxygens (including phenoxy) is 2. The summed E-state index contributed by atoms with van der Waals surface area (Å²) in [6, 6.07) is 12.7. The fourth-order valence-corrected chi connectivity index (χ4v) is 4.14. The number of pyridine rings is 1. The Balaban J connectivity index is 1.79. The molecule has 2 amide bonds. The van der Waals surface area contributed by atoms with Gasteiger partial charge in [0.2, 0.25) is 0 Å². The second-order valence-electron chi connectivity index (χ2n) is 9.60. The van der Waals surface area contributed by atoms with Gasteiger partial charge in [-0.25, -0.2) is 4.98 Å². The molecule has 0 saturated carbocycles. The quantitative estimate of drug-likeness (QED) is 0.137. The summed E-state index contributed by atoms with van der Waals surface area (Å²) in [4.78, 5) is 43.4. The molecule has 9 nitrogen and oxygen atoms in total. The van der Waals surface area contributed by atoms with E-state index in [1.54, 1.807) is 57.2 Å². The van der Waals surface area contributed by atoms with Crippen molar-refractivity contribution < 1.29 is 23.9 Å². The van der Waals surface area contributed by atoms with E-state index in [9.17, 15) is 14.4 Å². The summed E-state index contributed by atoms with van der Waals surface area (Å²) in [7, 11) is 0. The number of anilines is 2. The van der Waals surface area contributed by atoms with Crippen LogP contribution in [0.25, 0.3) is 0 Å². The molecule has 0 aliphatic heterocycles. The molecule has 1 heterocycles. The number of nitrogens with two attached hydrogens (primary N) is 1. The summed E-state index contributed by atoms with van der Waals surface area (Å²) < 4.78 is 11.2. The molecule has 0 spiro atoms. The predicted octanol–water partition coefficient (Wildman–Crippen LogP) is 6.40. The number of hydrogen-bond acceptors (Lipinski definition) is 8. The average Bonchev–Trinajstić information content (AvgIpc) is 2.88. The van der Waals surface area contributed by atoms with Gasteiger partial charge in [0.15, 0.2) is 0 Å². The number of carbonyl (C=O) groups excluding carboxylic acids is 3. The molecule has 0 radical (unpaired) electrons. The number of hydrogen-bond donors (Lipinski definition) is 3. The van der Waals surface area contributed by atoms with Gasteiger partial charge >= 0.3 is 5.97 Å². The molecule has 0 bridgehead atoms. The fourth-order valence-electron chi connectivity index (χ4n) is 3.43. The van der Waals surface area contributed by atoms with Crippen LogP contribution >= 0.6 is 35.0 Å². The SMILES string of the molecule is CSc1ccc(C(=O)Nc2ccc(Cl)cc2C(=O)Nc2ccc(Cl)cn2)c(OC(N)CCC(=O)OC(C)(C)C)c1. The topological polar surface area (TPSA) is 133 Å². The molecule has 0 fully saturated rings. The lowest BCUT2D eigenvalue weighted by atomic mass is 10.1. The Hall–Kier alpha value is -3.31. The number of rotatable bonds is 10. The predicted molar refractivity (Wildman–Crippen MR) is 159 cm³/mol. The lowest BCUT2D eigenvalue weighted by Crippen LogP contribution is -2.30. The van der Waals surface area contributed by atoms with Crippen LogP contribution in [0.15, 0.2) is 59.6 Å². The molecule has 40 heavy (non-hydrogen) atoms. The van der Waals surface area contributed by atoms with Gasteiger partial charge in [0.1, 0.15) is 23.4 Å². The van der Waals surface area contributed by atoms with Crippen LogP contribution < -0.4 is 21.1 Å². The van der Waals surface area contributed by atoms with E-state index < -0.39 is 29.6 Å². The fraction of sp³-hybridized carbons (Fsp3) is 0.286. The summed E-state index contributed by atoms with van der Waals surface area (Å²) >= 11 is 13.5. The van der Waals surface area contributed by atoms with E-state index in [4.69, 9.17) is 38.4 Å². The Kier molecular flexibility index (Phi) is 10.8. The molecule has 0 aliphatic rings. The van der Waals surface area contributed by atoms with E-state index >= 15 is 0 Å². The van der Waals surface area contributed by atoms with Gasteiger partial charge in [0, 0.05) is 22.5 Å². The van der Waals surface area contributed by atoms with Gasteiger partial charge in [-0.3, -0.25) is 20.1 Å². The van der Waals surface area contributed by atoms with Crippen molar-refractivity contribution in [1.29, 1.82) is 0 Å². The number of amides is 2. The third kappa shape index (κ3) is 9.41. The number of thioether (sulfide) groups is 1. The Bertz CT molecular complexity index is 1380. The molecular formula is C28H30Cl2N4O5S. The zero-order valence-electron chi connectivity index (χ0n) is 22.4. The summed E-state index contributed by atoms with van der Waals surface area (Å²) in [5.41, 5.74) is 6.06. The van der Waals surface area contributed by atoms with Crippen molar-refractivity contribution >= 4 is 64.3 Å². The first kappa shape index (κ1) is 31.2. The maximum Gasteiger partial charge on any atom is 0.306 e. The second kappa shape index (κ2) is 13.8. The smallest absolute Gasteiger partial charge is 0.306 e. The van der Waals surface area contributed by atoms with Gasteiger partial charge in [-0.2, -0.15) is 0 Å². The van der Waals surface area contributed by atoms with Crippen LogP contribution in [-0.4, -0.2) is 40.9 Å².